The van der Waals surface area contributed by atoms with Crippen LogP contribution in [0.2, 0.25) is 0 Å². The summed E-state index contributed by atoms with van der Waals surface area (Å²) < 4.78 is 0. The number of urea groups is 1. The van der Waals surface area contributed by atoms with Crippen molar-refractivity contribution in [3.05, 3.63) is 83.6 Å². The summed E-state index contributed by atoms with van der Waals surface area (Å²) in [4.78, 5) is 36.5. The molecule has 3 heterocycles. The van der Waals surface area contributed by atoms with Crippen molar-refractivity contribution in [2.75, 3.05) is 41.3 Å². The molecule has 1 saturated heterocycles. The lowest BCUT2D eigenvalue weighted by molar-refractivity contribution is -0.152. The molecule has 5 rings (SSSR count). The number of rotatable bonds is 3. The fourth-order valence-corrected chi connectivity index (χ4v) is 4.61. The van der Waals surface area contributed by atoms with Gasteiger partial charge in [0.1, 0.15) is 5.82 Å². The molecule has 1 aromatic heterocycles. The van der Waals surface area contributed by atoms with Gasteiger partial charge in [-0.15, -0.1) is 0 Å². The first-order chi connectivity index (χ1) is 16.4. The second-order valence-electron chi connectivity index (χ2n) is 8.72. The number of nitrogens with one attached hydrogen (secondary N) is 1. The van der Waals surface area contributed by atoms with Crippen molar-refractivity contribution >= 4 is 29.1 Å². The smallest absolute Gasteiger partial charge is 0.329 e. The Morgan fingerprint density at radius 3 is 2.41 bits per heavy atom. The number of nitrogens with zero attached hydrogens (tertiary/aromatic N) is 4. The standard InChI is InChI=1S/C26H27N5O3/c1-18-10-11-20(17-19(18)2)31-25(33)28-22-8-4-3-7-21(22)26(31,34)24(32)30-15-13-29(14-16-30)23-9-5-6-12-27-23/h3-12,17,34H,13-16H2,1-2H3,(H,28,33)/t26-/m1/s1. The van der Waals surface area contributed by atoms with Gasteiger partial charge < -0.3 is 20.2 Å². The molecular formula is C26H27N5O3. The minimum absolute atomic E-state index is 0.352. The zero-order valence-corrected chi connectivity index (χ0v) is 19.2. The van der Waals surface area contributed by atoms with E-state index in [4.69, 9.17) is 0 Å². The molecule has 0 unspecified atom stereocenters. The third kappa shape index (κ3) is 3.56. The Hall–Kier alpha value is -3.91. The molecule has 2 aliphatic rings. The molecule has 0 radical (unpaired) electrons. The number of hydrogen-bond acceptors (Lipinski definition) is 5. The summed E-state index contributed by atoms with van der Waals surface area (Å²) >= 11 is 0. The number of amides is 3. The highest BCUT2D eigenvalue weighted by Crippen LogP contribution is 2.41. The normalized spacial score (nSPS) is 20.1. The number of piperazine rings is 1. The van der Waals surface area contributed by atoms with E-state index in [0.29, 0.717) is 43.1 Å². The van der Waals surface area contributed by atoms with E-state index in [1.165, 1.54) is 4.90 Å². The zero-order chi connectivity index (χ0) is 23.9. The van der Waals surface area contributed by atoms with Crippen LogP contribution in [0.3, 0.4) is 0 Å². The van der Waals surface area contributed by atoms with Crippen LogP contribution in [0, 0.1) is 13.8 Å². The quantitative estimate of drug-likeness (QED) is 0.630. The highest BCUT2D eigenvalue weighted by Gasteiger charge is 2.53. The largest absolute Gasteiger partial charge is 0.359 e. The van der Waals surface area contributed by atoms with Crippen LogP contribution >= 0.6 is 0 Å². The van der Waals surface area contributed by atoms with Gasteiger partial charge in [0.15, 0.2) is 0 Å². The molecule has 3 aromatic rings. The molecule has 2 N–H and O–H groups in total. The summed E-state index contributed by atoms with van der Waals surface area (Å²) in [6.45, 7) is 5.88. The first kappa shape index (κ1) is 21.9. The van der Waals surface area contributed by atoms with Crippen molar-refractivity contribution < 1.29 is 14.7 Å². The number of anilines is 3. The van der Waals surface area contributed by atoms with Crippen molar-refractivity contribution in [1.29, 1.82) is 0 Å². The number of para-hydroxylation sites is 1. The molecule has 8 nitrogen and oxygen atoms in total. The monoisotopic (exact) mass is 457 g/mol. The van der Waals surface area contributed by atoms with E-state index in [2.05, 4.69) is 15.2 Å². The number of benzene rings is 2. The van der Waals surface area contributed by atoms with Crippen molar-refractivity contribution in [3.8, 4) is 0 Å². The van der Waals surface area contributed by atoms with Crippen LogP contribution in [0.1, 0.15) is 16.7 Å². The fourth-order valence-electron chi connectivity index (χ4n) is 4.61. The van der Waals surface area contributed by atoms with Gasteiger partial charge in [0.25, 0.3) is 11.6 Å². The average molecular weight is 458 g/mol. The predicted octanol–water partition coefficient (Wildman–Crippen LogP) is 3.24. The number of carbonyl (C=O) groups excluding carboxylic acids is 2. The molecule has 0 spiro atoms. The number of aromatic nitrogens is 1. The average Bonchev–Trinajstić information content (AvgIpc) is 2.86. The highest BCUT2D eigenvalue weighted by atomic mass is 16.3. The molecule has 1 atom stereocenters. The van der Waals surface area contributed by atoms with E-state index < -0.39 is 17.7 Å². The van der Waals surface area contributed by atoms with Gasteiger partial charge in [0, 0.05) is 43.6 Å². The molecule has 1 fully saturated rings. The molecular weight excluding hydrogens is 430 g/mol. The maximum Gasteiger partial charge on any atom is 0.329 e. The number of hydrogen-bond donors (Lipinski definition) is 2. The molecule has 2 aliphatic heterocycles. The van der Waals surface area contributed by atoms with Crippen molar-refractivity contribution in [2.45, 2.75) is 19.6 Å². The Kier molecular flexibility index (Phi) is 5.45. The van der Waals surface area contributed by atoms with Crippen LogP contribution < -0.4 is 15.1 Å². The summed E-state index contributed by atoms with van der Waals surface area (Å²) in [5, 5.41) is 14.9. The van der Waals surface area contributed by atoms with E-state index in [-0.39, 0.29) is 0 Å². The van der Waals surface area contributed by atoms with Crippen LogP contribution in [0.5, 0.6) is 0 Å². The maximum absolute atomic E-state index is 14.0. The molecule has 174 valence electrons. The summed E-state index contributed by atoms with van der Waals surface area (Å²) in [5.41, 5.74) is 1.08. The highest BCUT2D eigenvalue weighted by molar-refractivity contribution is 6.11. The van der Waals surface area contributed by atoms with Gasteiger partial charge in [0.2, 0.25) is 0 Å². The Labute approximate surface area is 198 Å². The molecule has 0 bridgehead atoms. The summed E-state index contributed by atoms with van der Waals surface area (Å²) in [6, 6.07) is 17.6. The molecule has 34 heavy (non-hydrogen) atoms. The van der Waals surface area contributed by atoms with Gasteiger partial charge in [-0.1, -0.05) is 30.3 Å². The Morgan fingerprint density at radius 2 is 1.71 bits per heavy atom. The van der Waals surface area contributed by atoms with Crippen LogP contribution in [0.4, 0.5) is 22.0 Å². The topological polar surface area (TPSA) is 89.0 Å². The first-order valence-corrected chi connectivity index (χ1v) is 11.4. The second-order valence-corrected chi connectivity index (χ2v) is 8.72. The summed E-state index contributed by atoms with van der Waals surface area (Å²) in [5.74, 6) is 0.334. The van der Waals surface area contributed by atoms with Gasteiger partial charge in [0.05, 0.1) is 5.69 Å². The van der Waals surface area contributed by atoms with Crippen molar-refractivity contribution in [1.82, 2.24) is 9.88 Å². The number of fused-ring (bicyclic) bond motifs is 1. The first-order valence-electron chi connectivity index (χ1n) is 11.4. The predicted molar refractivity (Wildman–Crippen MR) is 131 cm³/mol. The van der Waals surface area contributed by atoms with Crippen molar-refractivity contribution in [3.63, 3.8) is 0 Å². The zero-order valence-electron chi connectivity index (χ0n) is 19.2. The summed E-state index contributed by atoms with van der Waals surface area (Å²) in [6.07, 6.45) is 1.74. The Bertz CT molecular complexity index is 1240. The van der Waals surface area contributed by atoms with E-state index in [1.807, 2.05) is 44.2 Å². The number of carbonyl (C=O) groups is 2. The molecule has 8 heteroatoms. The molecule has 0 saturated carbocycles. The van der Waals surface area contributed by atoms with E-state index in [0.717, 1.165) is 16.9 Å². The number of pyridine rings is 1. The van der Waals surface area contributed by atoms with Crippen LogP contribution in [-0.4, -0.2) is 53.1 Å². The van der Waals surface area contributed by atoms with Gasteiger partial charge >= 0.3 is 6.03 Å². The lowest BCUT2D eigenvalue weighted by Crippen LogP contribution is -2.65. The molecule has 2 aromatic carbocycles. The fraction of sp³-hybridized carbons (Fsp3) is 0.269. The SMILES string of the molecule is Cc1ccc(N2C(=O)Nc3ccccc3[C@@]2(O)C(=O)N2CCN(c3ccccn3)CC2)cc1C. The Morgan fingerprint density at radius 1 is 0.971 bits per heavy atom. The van der Waals surface area contributed by atoms with E-state index in [9.17, 15) is 14.7 Å². The molecule has 3 amide bonds. The lowest BCUT2D eigenvalue weighted by Gasteiger charge is -2.46. The van der Waals surface area contributed by atoms with E-state index >= 15 is 0 Å². The third-order valence-electron chi connectivity index (χ3n) is 6.66. The van der Waals surface area contributed by atoms with Gasteiger partial charge in [-0.3, -0.25) is 9.69 Å². The van der Waals surface area contributed by atoms with Gasteiger partial charge in [-0.2, -0.15) is 0 Å². The lowest BCUT2D eigenvalue weighted by atomic mass is 9.93. The van der Waals surface area contributed by atoms with Gasteiger partial charge in [-0.25, -0.2) is 9.78 Å². The van der Waals surface area contributed by atoms with Crippen LogP contribution in [-0.2, 0) is 10.5 Å². The molecule has 0 aliphatic carbocycles. The third-order valence-corrected chi connectivity index (χ3v) is 6.66. The number of aryl methyl sites for hydroxylation is 2. The van der Waals surface area contributed by atoms with E-state index in [1.54, 1.807) is 41.4 Å². The van der Waals surface area contributed by atoms with Crippen LogP contribution in [0.15, 0.2) is 66.9 Å². The summed E-state index contributed by atoms with van der Waals surface area (Å²) in [7, 11) is 0. The maximum atomic E-state index is 14.0. The minimum atomic E-state index is -2.17. The second kappa shape index (κ2) is 8.46. The van der Waals surface area contributed by atoms with Gasteiger partial charge in [-0.05, 0) is 55.3 Å². The Balaban J connectivity index is 1.51. The van der Waals surface area contributed by atoms with Crippen molar-refractivity contribution in [2.24, 2.45) is 0 Å². The number of aliphatic hydroxyl groups is 1. The minimum Gasteiger partial charge on any atom is -0.359 e. The van der Waals surface area contributed by atoms with Crippen LogP contribution in [0.25, 0.3) is 0 Å².